The van der Waals surface area contributed by atoms with Gasteiger partial charge in [-0.1, -0.05) is 13.0 Å². The Morgan fingerprint density at radius 3 is 2.76 bits per heavy atom. The van der Waals surface area contributed by atoms with E-state index in [1.807, 2.05) is 0 Å². The number of hydrogen-bond acceptors (Lipinski definition) is 5. The second-order valence-corrected chi connectivity index (χ2v) is 5.90. The smallest absolute Gasteiger partial charge is 0.438 e. The van der Waals surface area contributed by atoms with Crippen LogP contribution in [0.4, 0.5) is 13.2 Å². The Bertz CT molecular complexity index is 720. The molecule has 1 N–H and O–H groups in total. The highest BCUT2D eigenvalue weighted by molar-refractivity contribution is 5.90. The van der Waals surface area contributed by atoms with Gasteiger partial charge in [0.1, 0.15) is 0 Å². The Hall–Kier alpha value is -2.29. The summed E-state index contributed by atoms with van der Waals surface area (Å²) >= 11 is 0. The lowest BCUT2D eigenvalue weighted by atomic mass is 10.0. The average Bonchev–Trinajstić information content (AvgIpc) is 3.16. The van der Waals surface area contributed by atoms with E-state index >= 15 is 0 Å². The van der Waals surface area contributed by atoms with E-state index in [2.05, 4.69) is 5.10 Å². The van der Waals surface area contributed by atoms with E-state index < -0.39 is 24.2 Å². The summed E-state index contributed by atoms with van der Waals surface area (Å²) in [4.78, 5) is 12.3. The third-order valence-corrected chi connectivity index (χ3v) is 4.21. The number of nitrogens with zero attached hydrogens (tertiary/aromatic N) is 2. The second-order valence-electron chi connectivity index (χ2n) is 5.90. The molecule has 1 aromatic rings. The lowest BCUT2D eigenvalue weighted by Crippen LogP contribution is -2.56. The molecule has 2 heterocycles. The third-order valence-electron chi connectivity index (χ3n) is 4.21. The number of aliphatic hydroxyl groups is 1. The van der Waals surface area contributed by atoms with E-state index in [1.165, 1.54) is 0 Å². The van der Waals surface area contributed by atoms with Crippen LogP contribution >= 0.6 is 0 Å². The molecular formula is C16H17F3N2O4. The number of benzene rings is 1. The first kappa shape index (κ1) is 17.5. The molecule has 0 radical (unpaired) electrons. The Labute approximate surface area is 141 Å². The van der Waals surface area contributed by atoms with Crippen LogP contribution in [-0.2, 0) is 11.2 Å². The topological polar surface area (TPSA) is 71.4 Å². The van der Waals surface area contributed by atoms with Gasteiger partial charge in [-0.3, -0.25) is 4.79 Å². The number of aryl methyl sites for hydroxylation is 1. The largest absolute Gasteiger partial charge is 0.454 e. The van der Waals surface area contributed by atoms with E-state index in [0.717, 1.165) is 0 Å². The molecule has 0 fully saturated rings. The molecule has 1 atom stereocenters. The van der Waals surface area contributed by atoms with Gasteiger partial charge in [0.25, 0.3) is 5.72 Å². The van der Waals surface area contributed by atoms with Crippen LogP contribution in [0.2, 0.25) is 0 Å². The fourth-order valence-electron chi connectivity index (χ4n) is 2.75. The molecule has 2 aliphatic heterocycles. The molecule has 0 aliphatic carbocycles. The summed E-state index contributed by atoms with van der Waals surface area (Å²) < 4.78 is 50.1. The minimum absolute atomic E-state index is 0.110. The van der Waals surface area contributed by atoms with Crippen molar-refractivity contribution in [1.29, 1.82) is 0 Å². The van der Waals surface area contributed by atoms with Crippen molar-refractivity contribution in [2.75, 3.05) is 6.79 Å². The van der Waals surface area contributed by atoms with Crippen molar-refractivity contribution >= 4 is 11.6 Å². The predicted octanol–water partition coefficient (Wildman–Crippen LogP) is 2.60. The fourth-order valence-corrected chi connectivity index (χ4v) is 2.75. The number of alkyl halides is 3. The Kier molecular flexibility index (Phi) is 4.36. The fraction of sp³-hybridized carbons (Fsp3) is 0.500. The molecule has 2 aliphatic rings. The standard InChI is InChI=1S/C16H17F3N2O4/c1-2-11-8-15(23,16(17,18)19)21(20-11)14(22)6-4-10-3-5-12-13(7-10)25-9-24-12/h3,5,7,23H,2,4,6,8-9H2,1H3/t15-/m0/s1. The minimum atomic E-state index is -4.98. The normalized spacial score (nSPS) is 22.3. The van der Waals surface area contributed by atoms with Crippen LogP contribution in [0.5, 0.6) is 11.5 Å². The molecule has 3 rings (SSSR count). The van der Waals surface area contributed by atoms with Gasteiger partial charge in [-0.2, -0.15) is 23.3 Å². The van der Waals surface area contributed by atoms with Crippen molar-refractivity contribution < 1.29 is 32.5 Å². The Morgan fingerprint density at radius 1 is 1.36 bits per heavy atom. The number of ether oxygens (including phenoxy) is 2. The highest BCUT2D eigenvalue weighted by Gasteiger charge is 2.62. The molecule has 0 spiro atoms. The minimum Gasteiger partial charge on any atom is -0.454 e. The number of carbonyl (C=O) groups excluding carboxylic acids is 1. The van der Waals surface area contributed by atoms with Crippen molar-refractivity contribution in [2.45, 2.75) is 44.5 Å². The van der Waals surface area contributed by atoms with Crippen molar-refractivity contribution in [2.24, 2.45) is 5.10 Å². The molecule has 0 bridgehead atoms. The summed E-state index contributed by atoms with van der Waals surface area (Å²) in [5, 5.41) is 13.9. The zero-order valence-corrected chi connectivity index (χ0v) is 13.5. The van der Waals surface area contributed by atoms with Gasteiger partial charge in [0, 0.05) is 18.6 Å². The maximum Gasteiger partial charge on any atom is 0.438 e. The SMILES string of the molecule is CCC1=NN(C(=O)CCc2ccc3c(c2)OCO3)[C@@](O)(C(F)(F)F)C1. The molecule has 1 aromatic carbocycles. The summed E-state index contributed by atoms with van der Waals surface area (Å²) in [5.41, 5.74) is -2.42. The Balaban J connectivity index is 1.72. The van der Waals surface area contributed by atoms with Gasteiger partial charge in [0.2, 0.25) is 12.7 Å². The monoisotopic (exact) mass is 358 g/mol. The van der Waals surface area contributed by atoms with E-state index in [4.69, 9.17) is 9.47 Å². The average molecular weight is 358 g/mol. The molecule has 6 nitrogen and oxygen atoms in total. The van der Waals surface area contributed by atoms with Gasteiger partial charge in [0.05, 0.1) is 0 Å². The van der Waals surface area contributed by atoms with Crippen LogP contribution in [0.3, 0.4) is 0 Å². The summed E-state index contributed by atoms with van der Waals surface area (Å²) in [6.45, 7) is 1.73. The van der Waals surface area contributed by atoms with Crippen molar-refractivity contribution in [3.8, 4) is 11.5 Å². The number of hydrogen-bond donors (Lipinski definition) is 1. The number of hydrazone groups is 1. The van der Waals surface area contributed by atoms with Crippen LogP contribution < -0.4 is 9.47 Å². The first-order valence-corrected chi connectivity index (χ1v) is 7.81. The van der Waals surface area contributed by atoms with Gasteiger partial charge >= 0.3 is 6.18 Å². The van der Waals surface area contributed by atoms with Crippen molar-refractivity contribution in [3.05, 3.63) is 23.8 Å². The highest BCUT2D eigenvalue weighted by Crippen LogP contribution is 2.41. The van der Waals surface area contributed by atoms with Gasteiger partial charge in [-0.15, -0.1) is 0 Å². The van der Waals surface area contributed by atoms with Crippen molar-refractivity contribution in [1.82, 2.24) is 5.01 Å². The summed E-state index contributed by atoms with van der Waals surface area (Å²) in [5.74, 6) is 0.225. The van der Waals surface area contributed by atoms with Crippen molar-refractivity contribution in [3.63, 3.8) is 0 Å². The molecule has 136 valence electrons. The van der Waals surface area contributed by atoms with Gasteiger partial charge < -0.3 is 14.6 Å². The first-order valence-electron chi connectivity index (χ1n) is 7.81. The zero-order chi connectivity index (χ0) is 18.2. The van der Waals surface area contributed by atoms with Crippen LogP contribution in [0.25, 0.3) is 0 Å². The van der Waals surface area contributed by atoms with E-state index in [0.29, 0.717) is 17.1 Å². The quantitative estimate of drug-likeness (QED) is 0.898. The molecule has 0 saturated heterocycles. The number of carbonyl (C=O) groups is 1. The molecule has 25 heavy (non-hydrogen) atoms. The van der Waals surface area contributed by atoms with Crippen LogP contribution in [0.15, 0.2) is 23.3 Å². The molecule has 0 saturated carbocycles. The highest BCUT2D eigenvalue weighted by atomic mass is 19.4. The summed E-state index contributed by atoms with van der Waals surface area (Å²) in [6, 6.07) is 5.06. The molecule has 0 aromatic heterocycles. The van der Waals surface area contributed by atoms with Crippen LogP contribution in [0.1, 0.15) is 31.7 Å². The lowest BCUT2D eigenvalue weighted by molar-refractivity contribution is -0.302. The van der Waals surface area contributed by atoms with E-state index in [9.17, 15) is 23.1 Å². The number of halogens is 3. The number of amides is 1. The zero-order valence-electron chi connectivity index (χ0n) is 13.5. The van der Waals surface area contributed by atoms with Crippen LogP contribution in [-0.4, -0.2) is 40.4 Å². The van der Waals surface area contributed by atoms with Gasteiger partial charge in [-0.25, -0.2) is 0 Å². The maximum absolute atomic E-state index is 13.2. The number of fused-ring (bicyclic) bond motifs is 1. The number of rotatable bonds is 4. The maximum atomic E-state index is 13.2. The molecular weight excluding hydrogens is 341 g/mol. The van der Waals surface area contributed by atoms with Gasteiger partial charge in [0.15, 0.2) is 11.5 Å². The van der Waals surface area contributed by atoms with Crippen LogP contribution in [0, 0.1) is 0 Å². The second kappa shape index (κ2) is 6.21. The lowest BCUT2D eigenvalue weighted by Gasteiger charge is -2.32. The molecule has 9 heteroatoms. The summed E-state index contributed by atoms with van der Waals surface area (Å²) in [6.07, 6.45) is -5.51. The van der Waals surface area contributed by atoms with E-state index in [-0.39, 0.29) is 36.8 Å². The Morgan fingerprint density at radius 2 is 2.08 bits per heavy atom. The third kappa shape index (κ3) is 3.15. The molecule has 0 unspecified atom stereocenters. The predicted molar refractivity (Wildman–Crippen MR) is 81.1 cm³/mol. The van der Waals surface area contributed by atoms with Gasteiger partial charge in [-0.05, 0) is 30.5 Å². The summed E-state index contributed by atoms with van der Waals surface area (Å²) in [7, 11) is 0. The van der Waals surface area contributed by atoms with E-state index in [1.54, 1.807) is 25.1 Å². The molecule has 1 amide bonds. The first-order chi connectivity index (χ1) is 11.7.